The molecular formula is C18H18N4OS. The van der Waals surface area contributed by atoms with Gasteiger partial charge in [0.05, 0.1) is 30.6 Å². The lowest BCUT2D eigenvalue weighted by Gasteiger charge is -2.26. The molecule has 24 heavy (non-hydrogen) atoms. The van der Waals surface area contributed by atoms with Crippen molar-refractivity contribution >= 4 is 17.3 Å². The van der Waals surface area contributed by atoms with Gasteiger partial charge in [-0.2, -0.15) is 0 Å². The highest BCUT2D eigenvalue weighted by molar-refractivity contribution is 7.80. The molecule has 3 aromatic rings. The van der Waals surface area contributed by atoms with Gasteiger partial charge in [0, 0.05) is 17.6 Å². The van der Waals surface area contributed by atoms with Crippen molar-refractivity contribution in [3.8, 4) is 0 Å². The minimum atomic E-state index is -0.00767. The summed E-state index contributed by atoms with van der Waals surface area (Å²) in [5.74, 6) is 0.883. The van der Waals surface area contributed by atoms with Crippen LogP contribution in [0.15, 0.2) is 59.3 Å². The van der Waals surface area contributed by atoms with Crippen LogP contribution in [0.5, 0.6) is 0 Å². The van der Waals surface area contributed by atoms with Gasteiger partial charge in [-0.05, 0) is 55.5 Å². The first-order valence-corrected chi connectivity index (χ1v) is 8.29. The molecule has 6 heteroatoms. The summed E-state index contributed by atoms with van der Waals surface area (Å²) in [5, 5.41) is 4.13. The number of rotatable bonds is 4. The Hall–Kier alpha value is -2.60. The smallest absolute Gasteiger partial charge is 0.170 e. The van der Waals surface area contributed by atoms with Crippen LogP contribution in [0.4, 0.5) is 0 Å². The summed E-state index contributed by atoms with van der Waals surface area (Å²) in [5.41, 5.74) is 3.21. The molecule has 4 heterocycles. The maximum absolute atomic E-state index is 5.61. The van der Waals surface area contributed by atoms with Gasteiger partial charge >= 0.3 is 0 Å². The van der Waals surface area contributed by atoms with Crippen molar-refractivity contribution in [3.05, 3.63) is 77.8 Å². The monoisotopic (exact) mass is 338 g/mol. The molecule has 0 aromatic carbocycles. The molecule has 0 unspecified atom stereocenters. The van der Waals surface area contributed by atoms with Crippen LogP contribution in [0.25, 0.3) is 0 Å². The minimum Gasteiger partial charge on any atom is -0.467 e. The van der Waals surface area contributed by atoms with E-state index in [4.69, 9.17) is 16.6 Å². The van der Waals surface area contributed by atoms with Crippen LogP contribution in [-0.2, 0) is 6.54 Å². The fourth-order valence-corrected chi connectivity index (χ4v) is 3.49. The normalized spacial score (nSPS) is 20.4. The van der Waals surface area contributed by atoms with Crippen molar-refractivity contribution in [1.82, 2.24) is 20.2 Å². The Morgan fingerprint density at radius 2 is 2.12 bits per heavy atom. The lowest BCUT2D eigenvalue weighted by molar-refractivity contribution is 0.283. The summed E-state index contributed by atoms with van der Waals surface area (Å²) < 4.78 is 5.52. The summed E-state index contributed by atoms with van der Waals surface area (Å²) in [6, 6.07) is 14.0. The lowest BCUT2D eigenvalue weighted by Crippen LogP contribution is -2.29. The molecule has 3 aromatic heterocycles. The molecular weight excluding hydrogens is 320 g/mol. The summed E-state index contributed by atoms with van der Waals surface area (Å²) in [7, 11) is 0. The van der Waals surface area contributed by atoms with Gasteiger partial charge in [-0.15, -0.1) is 0 Å². The SMILES string of the molecule is Cc1ccc([C@H]2[C@H](c3ccccn3)NC(=S)N2Cc2ccco2)[nH]1. The number of pyridine rings is 1. The Morgan fingerprint density at radius 1 is 1.21 bits per heavy atom. The van der Waals surface area contributed by atoms with E-state index < -0.39 is 0 Å². The maximum atomic E-state index is 5.61. The van der Waals surface area contributed by atoms with Crippen LogP contribution in [-0.4, -0.2) is 20.0 Å². The number of nitrogens with zero attached hydrogens (tertiary/aromatic N) is 2. The summed E-state index contributed by atoms with van der Waals surface area (Å²) >= 11 is 5.61. The molecule has 0 saturated carbocycles. The predicted molar refractivity (Wildman–Crippen MR) is 95.2 cm³/mol. The van der Waals surface area contributed by atoms with E-state index in [-0.39, 0.29) is 12.1 Å². The Balaban J connectivity index is 1.73. The first kappa shape index (κ1) is 15.0. The van der Waals surface area contributed by atoms with E-state index in [1.807, 2.05) is 36.5 Å². The Labute approximate surface area is 145 Å². The van der Waals surface area contributed by atoms with E-state index >= 15 is 0 Å². The number of aromatic amines is 1. The standard InChI is InChI=1S/C18H18N4OS/c1-12-7-8-15(20-12)17-16(14-6-2-3-9-19-14)21-18(24)22(17)11-13-5-4-10-23-13/h2-10,16-17,20H,11H2,1H3,(H,21,24)/t16-,17-/m0/s1. The number of aromatic nitrogens is 2. The molecule has 4 rings (SSSR count). The van der Waals surface area contributed by atoms with E-state index in [1.165, 1.54) is 0 Å². The molecule has 0 spiro atoms. The number of thiocarbonyl (C=S) groups is 1. The average Bonchev–Trinajstić information content (AvgIpc) is 3.31. The maximum Gasteiger partial charge on any atom is 0.170 e. The molecule has 1 aliphatic rings. The number of furan rings is 1. The second-order valence-electron chi connectivity index (χ2n) is 5.93. The Kier molecular flexibility index (Phi) is 3.82. The van der Waals surface area contributed by atoms with E-state index in [0.717, 1.165) is 22.8 Å². The lowest BCUT2D eigenvalue weighted by atomic mass is 10.0. The number of hydrogen-bond acceptors (Lipinski definition) is 3. The van der Waals surface area contributed by atoms with Crippen molar-refractivity contribution in [3.63, 3.8) is 0 Å². The summed E-state index contributed by atoms with van der Waals surface area (Å²) in [4.78, 5) is 10.1. The molecule has 1 saturated heterocycles. The van der Waals surface area contributed by atoms with Crippen molar-refractivity contribution in [2.75, 3.05) is 0 Å². The van der Waals surface area contributed by atoms with Crippen LogP contribution < -0.4 is 5.32 Å². The summed E-state index contributed by atoms with van der Waals surface area (Å²) in [6.07, 6.45) is 3.50. The third kappa shape index (κ3) is 2.69. The average molecular weight is 338 g/mol. The van der Waals surface area contributed by atoms with Crippen molar-refractivity contribution in [2.45, 2.75) is 25.6 Å². The van der Waals surface area contributed by atoms with Gasteiger partial charge in [0.25, 0.3) is 0 Å². The van der Waals surface area contributed by atoms with Crippen LogP contribution in [0, 0.1) is 6.92 Å². The largest absolute Gasteiger partial charge is 0.467 e. The van der Waals surface area contributed by atoms with E-state index in [0.29, 0.717) is 11.7 Å². The predicted octanol–water partition coefficient (Wildman–Crippen LogP) is 3.48. The minimum absolute atomic E-state index is 0.00767. The van der Waals surface area contributed by atoms with Crippen molar-refractivity contribution in [1.29, 1.82) is 0 Å². The van der Waals surface area contributed by atoms with Gasteiger partial charge < -0.3 is 19.6 Å². The van der Waals surface area contributed by atoms with Gasteiger partial charge in [0.15, 0.2) is 5.11 Å². The highest BCUT2D eigenvalue weighted by Gasteiger charge is 2.40. The van der Waals surface area contributed by atoms with Gasteiger partial charge in [0.2, 0.25) is 0 Å². The molecule has 1 aliphatic heterocycles. The van der Waals surface area contributed by atoms with Crippen LogP contribution in [0.1, 0.15) is 34.9 Å². The fourth-order valence-electron chi connectivity index (χ4n) is 3.18. The third-order valence-corrected chi connectivity index (χ3v) is 4.63. The molecule has 2 N–H and O–H groups in total. The van der Waals surface area contributed by atoms with Crippen molar-refractivity contribution in [2.24, 2.45) is 0 Å². The number of nitrogens with one attached hydrogen (secondary N) is 2. The fraction of sp³-hybridized carbons (Fsp3) is 0.222. The van der Waals surface area contributed by atoms with Crippen LogP contribution in [0.3, 0.4) is 0 Å². The molecule has 2 atom stereocenters. The van der Waals surface area contributed by atoms with Crippen molar-refractivity contribution < 1.29 is 4.42 Å². The van der Waals surface area contributed by atoms with E-state index in [1.54, 1.807) is 6.26 Å². The topological polar surface area (TPSA) is 57.1 Å². The molecule has 1 fully saturated rings. The zero-order valence-corrected chi connectivity index (χ0v) is 14.1. The highest BCUT2D eigenvalue weighted by atomic mass is 32.1. The number of hydrogen-bond donors (Lipinski definition) is 2. The molecule has 5 nitrogen and oxygen atoms in total. The molecule has 0 aliphatic carbocycles. The van der Waals surface area contributed by atoms with Crippen LogP contribution in [0.2, 0.25) is 0 Å². The molecule has 0 bridgehead atoms. The summed E-state index contributed by atoms with van der Waals surface area (Å²) in [6.45, 7) is 2.67. The number of H-pyrrole nitrogens is 1. The van der Waals surface area contributed by atoms with E-state index in [2.05, 4.69) is 39.2 Å². The van der Waals surface area contributed by atoms with Gasteiger partial charge in [-0.1, -0.05) is 6.07 Å². The number of aryl methyl sites for hydroxylation is 1. The van der Waals surface area contributed by atoms with Gasteiger partial charge in [0.1, 0.15) is 5.76 Å². The third-order valence-electron chi connectivity index (χ3n) is 4.28. The van der Waals surface area contributed by atoms with Gasteiger partial charge in [-0.3, -0.25) is 4.98 Å². The first-order valence-electron chi connectivity index (χ1n) is 7.88. The van der Waals surface area contributed by atoms with Gasteiger partial charge in [-0.25, -0.2) is 0 Å². The molecule has 0 amide bonds. The zero-order valence-electron chi connectivity index (χ0n) is 13.3. The Bertz CT molecular complexity index is 828. The quantitative estimate of drug-likeness (QED) is 0.713. The zero-order chi connectivity index (χ0) is 16.5. The molecule has 0 radical (unpaired) electrons. The van der Waals surface area contributed by atoms with Crippen LogP contribution >= 0.6 is 12.2 Å². The second kappa shape index (κ2) is 6.13. The van der Waals surface area contributed by atoms with E-state index in [9.17, 15) is 0 Å². The molecule has 122 valence electrons. The second-order valence-corrected chi connectivity index (χ2v) is 6.32. The highest BCUT2D eigenvalue weighted by Crippen LogP contribution is 2.38. The Morgan fingerprint density at radius 3 is 2.79 bits per heavy atom. The first-order chi connectivity index (χ1) is 11.7.